The van der Waals surface area contributed by atoms with E-state index in [0.717, 1.165) is 42.3 Å². The van der Waals surface area contributed by atoms with E-state index in [1.54, 1.807) is 11.9 Å². The van der Waals surface area contributed by atoms with E-state index < -0.39 is 11.8 Å². The van der Waals surface area contributed by atoms with Crippen molar-refractivity contribution >= 4 is 23.4 Å². The number of amides is 3. The molecule has 34 heavy (non-hydrogen) atoms. The molecule has 0 unspecified atom stereocenters. The number of nitrogens with zero attached hydrogens (tertiary/aromatic N) is 3. The molecular formula is C25H30N4O5. The maximum atomic E-state index is 13.3. The van der Waals surface area contributed by atoms with Gasteiger partial charge in [0.15, 0.2) is 0 Å². The van der Waals surface area contributed by atoms with Gasteiger partial charge in [-0.1, -0.05) is 19.4 Å². The topological polar surface area (TPSA) is 113 Å². The number of phenolic OH excluding ortho intramolecular Hbond substituents is 2. The predicted octanol–water partition coefficient (Wildman–Crippen LogP) is 2.06. The summed E-state index contributed by atoms with van der Waals surface area (Å²) in [6.45, 7) is 4.88. The first-order chi connectivity index (χ1) is 16.3. The van der Waals surface area contributed by atoms with Crippen LogP contribution in [0.3, 0.4) is 0 Å². The van der Waals surface area contributed by atoms with Gasteiger partial charge in [-0.05, 0) is 35.7 Å². The number of aromatic hydroxyl groups is 2. The summed E-state index contributed by atoms with van der Waals surface area (Å²) in [5, 5.41) is 23.5. The zero-order chi connectivity index (χ0) is 24.4. The number of benzene rings is 2. The second-order valence-electron chi connectivity index (χ2n) is 8.85. The molecule has 0 saturated carbocycles. The van der Waals surface area contributed by atoms with Gasteiger partial charge in [0.25, 0.3) is 11.8 Å². The van der Waals surface area contributed by atoms with Crippen LogP contribution in [0.25, 0.3) is 0 Å². The van der Waals surface area contributed by atoms with E-state index in [1.165, 1.54) is 11.0 Å². The lowest BCUT2D eigenvalue weighted by atomic mass is 10.1. The smallest absolute Gasteiger partial charge is 0.258 e. The monoisotopic (exact) mass is 466 g/mol. The molecule has 1 fully saturated rings. The fourth-order valence-electron chi connectivity index (χ4n) is 4.37. The lowest BCUT2D eigenvalue weighted by molar-refractivity contribution is -0.120. The number of anilines is 1. The predicted molar refractivity (Wildman–Crippen MR) is 127 cm³/mol. The van der Waals surface area contributed by atoms with Crippen LogP contribution in [0.1, 0.15) is 51.6 Å². The SMILES string of the molecule is CCCCN(C)C(=O)c1cc(C(=O)N2Cc3ccc(N4CCNC(=O)C4)cc3C2)c(O)cc1O. The quantitative estimate of drug-likeness (QED) is 0.601. The van der Waals surface area contributed by atoms with Crippen LogP contribution < -0.4 is 10.2 Å². The second-order valence-corrected chi connectivity index (χ2v) is 8.85. The van der Waals surface area contributed by atoms with Crippen LogP contribution >= 0.6 is 0 Å². The van der Waals surface area contributed by atoms with E-state index in [0.29, 0.717) is 32.7 Å². The van der Waals surface area contributed by atoms with E-state index in [4.69, 9.17) is 0 Å². The first-order valence-electron chi connectivity index (χ1n) is 11.5. The molecule has 0 spiro atoms. The zero-order valence-electron chi connectivity index (χ0n) is 19.5. The van der Waals surface area contributed by atoms with Gasteiger partial charge in [0.05, 0.1) is 17.7 Å². The molecule has 3 amide bonds. The summed E-state index contributed by atoms with van der Waals surface area (Å²) in [6, 6.07) is 8.23. The molecule has 0 radical (unpaired) electrons. The van der Waals surface area contributed by atoms with Gasteiger partial charge in [0.1, 0.15) is 11.5 Å². The summed E-state index contributed by atoms with van der Waals surface area (Å²) in [5.41, 5.74) is 2.87. The molecule has 2 aliphatic rings. The van der Waals surface area contributed by atoms with Gasteiger partial charge >= 0.3 is 0 Å². The number of carbonyl (C=O) groups is 3. The molecule has 9 heteroatoms. The Kier molecular flexibility index (Phi) is 6.63. The van der Waals surface area contributed by atoms with E-state index in [1.807, 2.05) is 30.0 Å². The van der Waals surface area contributed by atoms with Crippen LogP contribution in [-0.2, 0) is 17.9 Å². The molecule has 2 heterocycles. The number of carbonyl (C=O) groups excluding carboxylic acids is 3. The number of nitrogens with one attached hydrogen (secondary N) is 1. The van der Waals surface area contributed by atoms with Gasteiger partial charge in [0, 0.05) is 51.5 Å². The number of hydrogen-bond donors (Lipinski definition) is 3. The fourth-order valence-corrected chi connectivity index (χ4v) is 4.37. The number of phenols is 2. The van der Waals surface area contributed by atoms with Crippen LogP contribution in [0.15, 0.2) is 30.3 Å². The van der Waals surface area contributed by atoms with Gasteiger partial charge in [0.2, 0.25) is 5.91 Å². The van der Waals surface area contributed by atoms with Crippen molar-refractivity contribution in [2.45, 2.75) is 32.9 Å². The summed E-state index contributed by atoms with van der Waals surface area (Å²) in [4.78, 5) is 42.9. The van der Waals surface area contributed by atoms with Crippen molar-refractivity contribution in [3.8, 4) is 11.5 Å². The van der Waals surface area contributed by atoms with E-state index in [9.17, 15) is 24.6 Å². The average Bonchev–Trinajstić information content (AvgIpc) is 3.25. The molecule has 0 bridgehead atoms. The Morgan fingerprint density at radius 3 is 2.50 bits per heavy atom. The van der Waals surface area contributed by atoms with Gasteiger partial charge < -0.3 is 30.2 Å². The Morgan fingerprint density at radius 1 is 1.03 bits per heavy atom. The van der Waals surface area contributed by atoms with Crippen molar-refractivity contribution in [3.05, 3.63) is 52.6 Å². The van der Waals surface area contributed by atoms with Crippen molar-refractivity contribution in [3.63, 3.8) is 0 Å². The van der Waals surface area contributed by atoms with E-state index in [2.05, 4.69) is 5.32 Å². The second kappa shape index (κ2) is 9.62. The maximum Gasteiger partial charge on any atom is 0.258 e. The first-order valence-corrected chi connectivity index (χ1v) is 11.5. The Balaban J connectivity index is 1.53. The third-order valence-corrected chi connectivity index (χ3v) is 6.37. The highest BCUT2D eigenvalue weighted by Gasteiger charge is 2.29. The maximum absolute atomic E-state index is 13.3. The van der Waals surface area contributed by atoms with Gasteiger partial charge in [-0.2, -0.15) is 0 Å². The molecule has 2 aromatic carbocycles. The minimum absolute atomic E-state index is 0.0119. The highest BCUT2D eigenvalue weighted by atomic mass is 16.3. The Bertz CT molecular complexity index is 1130. The van der Waals surface area contributed by atoms with Gasteiger partial charge in [-0.25, -0.2) is 0 Å². The molecule has 0 aliphatic carbocycles. The minimum atomic E-state index is -0.419. The molecule has 4 rings (SSSR count). The van der Waals surface area contributed by atoms with Crippen molar-refractivity contribution in [1.82, 2.24) is 15.1 Å². The van der Waals surface area contributed by atoms with Crippen LogP contribution in [-0.4, -0.2) is 71.0 Å². The van der Waals surface area contributed by atoms with Crippen molar-refractivity contribution in [2.24, 2.45) is 0 Å². The molecule has 0 aromatic heterocycles. The minimum Gasteiger partial charge on any atom is -0.507 e. The number of hydrogen-bond acceptors (Lipinski definition) is 6. The molecule has 2 aliphatic heterocycles. The number of piperazine rings is 1. The normalized spacial score (nSPS) is 15.2. The highest BCUT2D eigenvalue weighted by Crippen LogP contribution is 2.33. The fraction of sp³-hybridized carbons (Fsp3) is 0.400. The third kappa shape index (κ3) is 4.64. The van der Waals surface area contributed by atoms with Crippen molar-refractivity contribution in [1.29, 1.82) is 0 Å². The number of fused-ring (bicyclic) bond motifs is 1. The molecule has 0 atom stereocenters. The summed E-state index contributed by atoms with van der Waals surface area (Å²) >= 11 is 0. The van der Waals surface area contributed by atoms with E-state index >= 15 is 0 Å². The summed E-state index contributed by atoms with van der Waals surface area (Å²) in [7, 11) is 1.65. The van der Waals surface area contributed by atoms with Gasteiger partial charge in [-0.3, -0.25) is 14.4 Å². The molecule has 3 N–H and O–H groups in total. The standard InChI is InChI=1S/C25H30N4O5/c1-3-4-8-27(2)24(33)19-11-20(22(31)12-21(19)30)25(34)29-13-16-5-6-18(10-17(16)14-29)28-9-7-26-23(32)15-28/h5-6,10-12,30-31H,3-4,7-9,13-15H2,1-2H3,(H,26,32). The number of rotatable bonds is 6. The Hall–Kier alpha value is -3.75. The third-order valence-electron chi connectivity index (χ3n) is 6.37. The van der Waals surface area contributed by atoms with Gasteiger partial charge in [-0.15, -0.1) is 0 Å². The summed E-state index contributed by atoms with van der Waals surface area (Å²) < 4.78 is 0. The van der Waals surface area contributed by atoms with Crippen molar-refractivity contribution < 1.29 is 24.6 Å². The Morgan fingerprint density at radius 2 is 1.76 bits per heavy atom. The summed E-state index contributed by atoms with van der Waals surface area (Å²) in [5.74, 6) is -1.57. The molecule has 9 nitrogen and oxygen atoms in total. The average molecular weight is 467 g/mol. The molecule has 1 saturated heterocycles. The zero-order valence-corrected chi connectivity index (χ0v) is 19.5. The lowest BCUT2D eigenvalue weighted by Gasteiger charge is -2.28. The molecule has 2 aromatic rings. The van der Waals surface area contributed by atoms with Crippen LogP contribution in [0.5, 0.6) is 11.5 Å². The number of unbranched alkanes of at least 4 members (excludes halogenated alkanes) is 1. The van der Waals surface area contributed by atoms with Crippen LogP contribution in [0.4, 0.5) is 5.69 Å². The lowest BCUT2D eigenvalue weighted by Crippen LogP contribution is -2.47. The largest absolute Gasteiger partial charge is 0.507 e. The van der Waals surface area contributed by atoms with E-state index in [-0.39, 0.29) is 28.5 Å². The van der Waals surface area contributed by atoms with Crippen LogP contribution in [0, 0.1) is 0 Å². The molecule has 180 valence electrons. The summed E-state index contributed by atoms with van der Waals surface area (Å²) in [6.07, 6.45) is 1.74. The van der Waals surface area contributed by atoms with Crippen LogP contribution in [0.2, 0.25) is 0 Å². The molecular weight excluding hydrogens is 436 g/mol. The highest BCUT2D eigenvalue weighted by molar-refractivity contribution is 6.03. The van der Waals surface area contributed by atoms with Crippen molar-refractivity contribution in [2.75, 3.05) is 38.1 Å². The Labute approximate surface area is 198 Å². The first kappa shape index (κ1) is 23.4.